The summed E-state index contributed by atoms with van der Waals surface area (Å²) in [5, 5.41) is 6.37. The first kappa shape index (κ1) is 19.0. The van der Waals surface area contributed by atoms with Gasteiger partial charge < -0.3 is 10.6 Å². The second-order valence-corrected chi connectivity index (χ2v) is 6.73. The lowest BCUT2D eigenvalue weighted by atomic mass is 9.83. The van der Waals surface area contributed by atoms with Crippen LogP contribution in [0.4, 0.5) is 0 Å². The lowest BCUT2D eigenvalue weighted by molar-refractivity contribution is -0.130. The van der Waals surface area contributed by atoms with Crippen LogP contribution in [0.1, 0.15) is 66.7 Å². The van der Waals surface area contributed by atoms with Gasteiger partial charge in [0.25, 0.3) is 0 Å². The van der Waals surface area contributed by atoms with E-state index >= 15 is 0 Å². The van der Waals surface area contributed by atoms with Gasteiger partial charge in [-0.25, -0.2) is 0 Å². The Morgan fingerprint density at radius 3 is 2.20 bits per heavy atom. The van der Waals surface area contributed by atoms with Crippen molar-refractivity contribution in [3.8, 4) is 0 Å². The van der Waals surface area contributed by atoms with E-state index in [-0.39, 0.29) is 11.3 Å². The summed E-state index contributed by atoms with van der Waals surface area (Å²) in [6.45, 7) is 16.2. The molecule has 0 aromatic rings. The van der Waals surface area contributed by atoms with E-state index in [4.69, 9.17) is 0 Å². The Hall–Kier alpha value is -0.990. The molecule has 0 aliphatic rings. The van der Waals surface area contributed by atoms with Gasteiger partial charge in [-0.15, -0.1) is 0 Å². The molecular formula is C17H34N2O. The highest BCUT2D eigenvalue weighted by Gasteiger charge is 2.27. The molecule has 3 heteroatoms. The zero-order valence-corrected chi connectivity index (χ0v) is 14.1. The van der Waals surface area contributed by atoms with Crippen molar-refractivity contribution in [1.29, 1.82) is 0 Å². The van der Waals surface area contributed by atoms with Crippen LogP contribution in [0.3, 0.4) is 0 Å². The minimum absolute atomic E-state index is 0.176. The van der Waals surface area contributed by atoms with Gasteiger partial charge in [-0.3, -0.25) is 4.79 Å². The molecule has 0 aromatic heterocycles. The molecule has 0 fully saturated rings. The Bertz CT molecular complexity index is 295. The molecule has 2 N–H and O–H groups in total. The normalized spacial score (nSPS) is 11.5. The first-order valence-corrected chi connectivity index (χ1v) is 7.99. The molecule has 0 aliphatic carbocycles. The van der Waals surface area contributed by atoms with Gasteiger partial charge in [-0.2, -0.15) is 0 Å². The third-order valence-corrected chi connectivity index (χ3v) is 3.35. The number of carbonyl (C=O) groups is 1. The van der Waals surface area contributed by atoms with Gasteiger partial charge in [0.1, 0.15) is 0 Å². The maximum absolute atomic E-state index is 12.1. The van der Waals surface area contributed by atoms with E-state index in [2.05, 4.69) is 38.0 Å². The topological polar surface area (TPSA) is 41.1 Å². The van der Waals surface area contributed by atoms with E-state index in [1.807, 2.05) is 13.8 Å². The first-order chi connectivity index (χ1) is 9.29. The molecule has 118 valence electrons. The van der Waals surface area contributed by atoms with Crippen LogP contribution in [0.15, 0.2) is 12.3 Å². The van der Waals surface area contributed by atoms with Gasteiger partial charge in [0.05, 0.1) is 0 Å². The number of unbranched alkanes of at least 4 members (excludes halogenated alkanes) is 1. The molecule has 0 aromatic carbocycles. The van der Waals surface area contributed by atoms with E-state index in [0.29, 0.717) is 5.92 Å². The summed E-state index contributed by atoms with van der Waals surface area (Å²) < 4.78 is 0. The van der Waals surface area contributed by atoms with E-state index in [1.165, 1.54) is 0 Å². The molecule has 0 saturated heterocycles. The number of rotatable bonds is 11. The quantitative estimate of drug-likeness (QED) is 0.565. The Kier molecular flexibility index (Phi) is 9.35. The number of carbonyl (C=O) groups excluding carboxylic acids is 1. The van der Waals surface area contributed by atoms with Gasteiger partial charge in [-0.1, -0.05) is 47.6 Å². The van der Waals surface area contributed by atoms with E-state index in [1.54, 1.807) is 0 Å². The molecule has 0 aliphatic heterocycles. The maximum Gasteiger partial charge on any atom is 0.225 e. The van der Waals surface area contributed by atoms with Crippen LogP contribution in [-0.4, -0.2) is 19.0 Å². The maximum atomic E-state index is 12.1. The highest BCUT2D eigenvalue weighted by molar-refractivity contribution is 5.81. The first-order valence-electron chi connectivity index (χ1n) is 7.99. The molecule has 20 heavy (non-hydrogen) atoms. The molecule has 0 unspecified atom stereocenters. The van der Waals surface area contributed by atoms with Gasteiger partial charge in [0, 0.05) is 24.2 Å². The average molecular weight is 282 g/mol. The van der Waals surface area contributed by atoms with Crippen LogP contribution in [0.2, 0.25) is 0 Å². The van der Waals surface area contributed by atoms with Gasteiger partial charge in [0.2, 0.25) is 5.91 Å². The number of amides is 1. The molecule has 1 amide bonds. The Morgan fingerprint density at radius 1 is 1.15 bits per heavy atom. The summed E-state index contributed by atoms with van der Waals surface area (Å²) in [5.74, 6) is 0.721. The average Bonchev–Trinajstić information content (AvgIpc) is 2.31. The summed E-state index contributed by atoms with van der Waals surface area (Å²) in [7, 11) is 0. The van der Waals surface area contributed by atoms with Crippen molar-refractivity contribution in [3.05, 3.63) is 12.3 Å². The molecule has 0 radical (unpaired) electrons. The lowest BCUT2D eigenvalue weighted by Gasteiger charge is -2.25. The van der Waals surface area contributed by atoms with E-state index in [0.717, 1.165) is 50.9 Å². The van der Waals surface area contributed by atoms with Crippen molar-refractivity contribution in [1.82, 2.24) is 10.6 Å². The third-order valence-electron chi connectivity index (χ3n) is 3.35. The molecular weight excluding hydrogens is 248 g/mol. The number of hydrogen-bond donors (Lipinski definition) is 2. The fraction of sp³-hybridized carbons (Fsp3) is 0.824. The van der Waals surface area contributed by atoms with Crippen molar-refractivity contribution in [2.45, 2.75) is 66.7 Å². The summed E-state index contributed by atoms with van der Waals surface area (Å²) in [4.78, 5) is 12.1. The molecule has 0 spiro atoms. The number of allylic oxidation sites excluding steroid dienone is 1. The van der Waals surface area contributed by atoms with Crippen molar-refractivity contribution >= 4 is 5.91 Å². The Balaban J connectivity index is 3.69. The number of nitrogens with one attached hydrogen (secondary N) is 2. The highest BCUT2D eigenvalue weighted by atomic mass is 16.2. The van der Waals surface area contributed by atoms with Crippen molar-refractivity contribution in [3.63, 3.8) is 0 Å². The largest absolute Gasteiger partial charge is 0.389 e. The van der Waals surface area contributed by atoms with Crippen LogP contribution in [0.5, 0.6) is 0 Å². The minimum Gasteiger partial charge on any atom is -0.389 e. The molecule has 0 heterocycles. The summed E-state index contributed by atoms with van der Waals surface area (Å²) in [6.07, 6.45) is 5.17. The van der Waals surface area contributed by atoms with Crippen molar-refractivity contribution < 1.29 is 4.79 Å². The Labute approximate surface area is 125 Å². The molecule has 3 nitrogen and oxygen atoms in total. The van der Waals surface area contributed by atoms with Crippen LogP contribution in [-0.2, 0) is 4.79 Å². The minimum atomic E-state index is -0.262. The summed E-state index contributed by atoms with van der Waals surface area (Å²) in [5.41, 5.74) is 0.858. The van der Waals surface area contributed by atoms with Crippen LogP contribution in [0, 0.1) is 11.3 Å². The van der Waals surface area contributed by atoms with E-state index in [9.17, 15) is 4.79 Å². The van der Waals surface area contributed by atoms with Crippen LogP contribution >= 0.6 is 0 Å². The zero-order valence-electron chi connectivity index (χ0n) is 14.1. The standard InChI is InChI=1S/C17H34N2O/c1-7-10-15(4)18-11-8-9-12-19-16(20)17(5,6)13-14(2)3/h14,18H,4,7-13H2,1-3,5-6H3,(H,19,20). The predicted octanol–water partition coefficient (Wildman–Crippen LogP) is 3.86. The van der Waals surface area contributed by atoms with Gasteiger partial charge >= 0.3 is 0 Å². The lowest BCUT2D eigenvalue weighted by Crippen LogP contribution is -2.38. The second kappa shape index (κ2) is 9.84. The fourth-order valence-corrected chi connectivity index (χ4v) is 2.46. The fourth-order valence-electron chi connectivity index (χ4n) is 2.46. The molecule has 0 atom stereocenters. The van der Waals surface area contributed by atoms with Crippen molar-refractivity contribution in [2.75, 3.05) is 13.1 Å². The summed E-state index contributed by atoms with van der Waals surface area (Å²) >= 11 is 0. The highest BCUT2D eigenvalue weighted by Crippen LogP contribution is 2.25. The second-order valence-electron chi connectivity index (χ2n) is 6.73. The Morgan fingerprint density at radius 2 is 1.70 bits per heavy atom. The molecule has 0 bridgehead atoms. The SMILES string of the molecule is C=C(CCC)NCCCCNC(=O)C(C)(C)CC(C)C. The smallest absolute Gasteiger partial charge is 0.225 e. The van der Waals surface area contributed by atoms with Gasteiger partial charge in [-0.05, 0) is 31.6 Å². The monoisotopic (exact) mass is 282 g/mol. The van der Waals surface area contributed by atoms with E-state index < -0.39 is 0 Å². The molecule has 0 rings (SSSR count). The third kappa shape index (κ3) is 9.00. The summed E-state index contributed by atoms with van der Waals surface area (Å²) in [6, 6.07) is 0. The van der Waals surface area contributed by atoms with Crippen LogP contribution in [0.25, 0.3) is 0 Å². The molecule has 0 saturated carbocycles. The zero-order chi connectivity index (χ0) is 15.6. The predicted molar refractivity (Wildman–Crippen MR) is 87.5 cm³/mol. The van der Waals surface area contributed by atoms with Gasteiger partial charge in [0.15, 0.2) is 0 Å². The van der Waals surface area contributed by atoms with Crippen molar-refractivity contribution in [2.24, 2.45) is 11.3 Å². The van der Waals surface area contributed by atoms with Crippen LogP contribution < -0.4 is 10.6 Å². The number of hydrogen-bond acceptors (Lipinski definition) is 2.